The lowest BCUT2D eigenvalue weighted by Gasteiger charge is -2.21. The topological polar surface area (TPSA) is 75.7 Å². The Morgan fingerprint density at radius 2 is 2.04 bits per heavy atom. The SMILES string of the molecule is Cc1ccc2c(c1)N(S(C)(=O)=O)CC[C@@H](C(=O)Nc1cccc(Br)c1)O2. The summed E-state index contributed by atoms with van der Waals surface area (Å²) in [7, 11) is -3.48. The van der Waals surface area contributed by atoms with Gasteiger partial charge in [-0.3, -0.25) is 9.10 Å². The molecule has 2 aromatic rings. The number of fused-ring (bicyclic) bond motifs is 1. The molecule has 2 aromatic carbocycles. The van der Waals surface area contributed by atoms with Crippen molar-refractivity contribution in [3.05, 3.63) is 52.5 Å². The number of rotatable bonds is 3. The fourth-order valence-electron chi connectivity index (χ4n) is 2.81. The predicted octanol–water partition coefficient (Wildman–Crippen LogP) is 3.31. The number of ether oxygens (including phenoxy) is 1. The summed E-state index contributed by atoms with van der Waals surface area (Å²) >= 11 is 3.36. The number of halogens is 1. The van der Waals surface area contributed by atoms with Crippen LogP contribution in [-0.2, 0) is 14.8 Å². The Bertz CT molecular complexity index is 946. The molecule has 0 saturated heterocycles. The Hall–Kier alpha value is -2.06. The van der Waals surface area contributed by atoms with Crippen LogP contribution < -0.4 is 14.4 Å². The maximum absolute atomic E-state index is 12.6. The molecule has 0 aromatic heterocycles. The van der Waals surface area contributed by atoms with E-state index in [4.69, 9.17) is 4.74 Å². The fourth-order valence-corrected chi connectivity index (χ4v) is 4.14. The summed E-state index contributed by atoms with van der Waals surface area (Å²) < 4.78 is 32.4. The average Bonchev–Trinajstić information content (AvgIpc) is 2.73. The van der Waals surface area contributed by atoms with Crippen LogP contribution in [0.5, 0.6) is 5.75 Å². The Morgan fingerprint density at radius 3 is 2.73 bits per heavy atom. The monoisotopic (exact) mass is 438 g/mol. The zero-order valence-electron chi connectivity index (χ0n) is 14.4. The van der Waals surface area contributed by atoms with E-state index < -0.39 is 16.1 Å². The quantitative estimate of drug-likeness (QED) is 0.797. The molecule has 1 aliphatic heterocycles. The summed E-state index contributed by atoms with van der Waals surface area (Å²) in [5, 5.41) is 2.81. The van der Waals surface area contributed by atoms with Gasteiger partial charge in [0, 0.05) is 23.1 Å². The number of benzene rings is 2. The summed E-state index contributed by atoms with van der Waals surface area (Å²) in [6, 6.07) is 12.5. The normalized spacial score (nSPS) is 17.0. The van der Waals surface area contributed by atoms with Crippen LogP contribution in [0.2, 0.25) is 0 Å². The number of carbonyl (C=O) groups excluding carboxylic acids is 1. The molecule has 0 aliphatic carbocycles. The number of nitrogens with zero attached hydrogens (tertiary/aromatic N) is 1. The van der Waals surface area contributed by atoms with Gasteiger partial charge < -0.3 is 10.1 Å². The molecule has 0 unspecified atom stereocenters. The lowest BCUT2D eigenvalue weighted by Crippen LogP contribution is -2.35. The third-order valence-corrected chi connectivity index (χ3v) is 5.70. The van der Waals surface area contributed by atoms with E-state index in [0.29, 0.717) is 17.1 Å². The molecular weight excluding hydrogens is 420 g/mol. The molecule has 0 saturated carbocycles. The molecule has 26 heavy (non-hydrogen) atoms. The minimum atomic E-state index is -3.48. The summed E-state index contributed by atoms with van der Waals surface area (Å²) in [5.41, 5.74) is 2.02. The van der Waals surface area contributed by atoms with E-state index in [0.717, 1.165) is 16.3 Å². The van der Waals surface area contributed by atoms with E-state index in [-0.39, 0.29) is 18.9 Å². The van der Waals surface area contributed by atoms with Crippen molar-refractivity contribution >= 4 is 43.2 Å². The van der Waals surface area contributed by atoms with E-state index in [9.17, 15) is 13.2 Å². The van der Waals surface area contributed by atoms with Crippen LogP contribution in [0.15, 0.2) is 46.9 Å². The Morgan fingerprint density at radius 1 is 1.27 bits per heavy atom. The van der Waals surface area contributed by atoms with E-state index in [2.05, 4.69) is 21.2 Å². The average molecular weight is 439 g/mol. The zero-order valence-corrected chi connectivity index (χ0v) is 16.8. The number of amides is 1. The van der Waals surface area contributed by atoms with E-state index in [1.54, 1.807) is 24.3 Å². The van der Waals surface area contributed by atoms with Gasteiger partial charge in [0.15, 0.2) is 6.10 Å². The smallest absolute Gasteiger partial charge is 0.265 e. The second kappa shape index (κ2) is 7.28. The van der Waals surface area contributed by atoms with E-state index >= 15 is 0 Å². The maximum atomic E-state index is 12.6. The molecule has 8 heteroatoms. The number of hydrogen-bond acceptors (Lipinski definition) is 4. The lowest BCUT2D eigenvalue weighted by molar-refractivity contribution is -0.122. The van der Waals surface area contributed by atoms with Crippen LogP contribution in [0.3, 0.4) is 0 Å². The number of sulfonamides is 1. The van der Waals surface area contributed by atoms with Crippen molar-refractivity contribution in [2.75, 3.05) is 22.4 Å². The molecule has 6 nitrogen and oxygen atoms in total. The van der Waals surface area contributed by atoms with Crippen molar-refractivity contribution in [2.24, 2.45) is 0 Å². The lowest BCUT2D eigenvalue weighted by atomic mass is 10.2. The van der Waals surface area contributed by atoms with Crippen LogP contribution in [0.1, 0.15) is 12.0 Å². The predicted molar refractivity (Wildman–Crippen MR) is 105 cm³/mol. The standard InChI is InChI=1S/C18H19BrN2O4S/c1-12-6-7-16-15(10-12)21(26(2,23)24)9-8-17(25-16)18(22)20-14-5-3-4-13(19)11-14/h3-7,10-11,17H,8-9H2,1-2H3,(H,20,22)/t17-/m0/s1. The van der Waals surface area contributed by atoms with Crippen LogP contribution in [0.4, 0.5) is 11.4 Å². The maximum Gasteiger partial charge on any atom is 0.265 e. The third kappa shape index (κ3) is 4.19. The van der Waals surface area contributed by atoms with Crippen molar-refractivity contribution < 1.29 is 17.9 Å². The Labute approximate surface area is 161 Å². The van der Waals surface area contributed by atoms with Crippen molar-refractivity contribution in [3.63, 3.8) is 0 Å². The molecule has 138 valence electrons. The first-order valence-corrected chi connectivity index (χ1v) is 10.7. The molecule has 0 radical (unpaired) electrons. The molecular formula is C18H19BrN2O4S. The van der Waals surface area contributed by atoms with Gasteiger partial charge in [-0.15, -0.1) is 0 Å². The van der Waals surface area contributed by atoms with Crippen molar-refractivity contribution in [1.29, 1.82) is 0 Å². The van der Waals surface area contributed by atoms with Crippen molar-refractivity contribution in [2.45, 2.75) is 19.4 Å². The number of hydrogen-bond donors (Lipinski definition) is 1. The number of carbonyl (C=O) groups is 1. The van der Waals surface area contributed by atoms with Crippen molar-refractivity contribution in [3.8, 4) is 5.75 Å². The van der Waals surface area contributed by atoms with Crippen LogP contribution in [0.25, 0.3) is 0 Å². The van der Waals surface area contributed by atoms with Crippen LogP contribution in [0, 0.1) is 6.92 Å². The summed E-state index contributed by atoms with van der Waals surface area (Å²) in [6.07, 6.45) is 0.615. The van der Waals surface area contributed by atoms with Gasteiger partial charge >= 0.3 is 0 Å². The largest absolute Gasteiger partial charge is 0.478 e. The van der Waals surface area contributed by atoms with Gasteiger partial charge in [-0.05, 0) is 42.8 Å². The first kappa shape index (κ1) is 18.7. The molecule has 0 spiro atoms. The van der Waals surface area contributed by atoms with Gasteiger partial charge in [-0.1, -0.05) is 28.1 Å². The van der Waals surface area contributed by atoms with Crippen molar-refractivity contribution in [1.82, 2.24) is 0 Å². The highest BCUT2D eigenvalue weighted by Crippen LogP contribution is 2.35. The van der Waals surface area contributed by atoms with Crippen LogP contribution in [-0.4, -0.2) is 33.2 Å². The second-order valence-corrected chi connectivity index (χ2v) is 9.02. The van der Waals surface area contributed by atoms with Gasteiger partial charge in [0.25, 0.3) is 5.91 Å². The van der Waals surface area contributed by atoms with Gasteiger partial charge in [-0.25, -0.2) is 8.42 Å². The van der Waals surface area contributed by atoms with E-state index in [1.807, 2.05) is 25.1 Å². The summed E-state index contributed by atoms with van der Waals surface area (Å²) in [5.74, 6) is 0.0675. The number of nitrogens with one attached hydrogen (secondary N) is 1. The molecule has 1 atom stereocenters. The van der Waals surface area contributed by atoms with Crippen LogP contribution >= 0.6 is 15.9 Å². The van der Waals surface area contributed by atoms with Gasteiger partial charge in [0.2, 0.25) is 10.0 Å². The minimum absolute atomic E-state index is 0.172. The molecule has 0 bridgehead atoms. The highest BCUT2D eigenvalue weighted by molar-refractivity contribution is 9.10. The van der Waals surface area contributed by atoms with E-state index in [1.165, 1.54) is 4.31 Å². The first-order valence-electron chi connectivity index (χ1n) is 8.05. The second-order valence-electron chi connectivity index (χ2n) is 6.20. The highest BCUT2D eigenvalue weighted by atomic mass is 79.9. The summed E-state index contributed by atoms with van der Waals surface area (Å²) in [6.45, 7) is 2.05. The number of anilines is 2. The summed E-state index contributed by atoms with van der Waals surface area (Å²) in [4.78, 5) is 12.6. The first-order chi connectivity index (χ1) is 12.2. The van der Waals surface area contributed by atoms with Gasteiger partial charge in [0.1, 0.15) is 5.75 Å². The molecule has 1 heterocycles. The minimum Gasteiger partial charge on any atom is -0.478 e. The Balaban J connectivity index is 1.88. The zero-order chi connectivity index (χ0) is 18.9. The fraction of sp³-hybridized carbons (Fsp3) is 0.278. The molecule has 1 N–H and O–H groups in total. The Kier molecular flexibility index (Phi) is 5.24. The molecule has 1 aliphatic rings. The molecule has 1 amide bonds. The molecule has 3 rings (SSSR count). The van der Waals surface area contributed by atoms with Gasteiger partial charge in [-0.2, -0.15) is 0 Å². The van der Waals surface area contributed by atoms with Gasteiger partial charge in [0.05, 0.1) is 11.9 Å². The third-order valence-electron chi connectivity index (χ3n) is 4.03. The number of aryl methyl sites for hydroxylation is 1. The molecule has 0 fully saturated rings. The highest BCUT2D eigenvalue weighted by Gasteiger charge is 2.31.